The zero-order valence-corrected chi connectivity index (χ0v) is 21.6. The number of nitrogen functional groups attached to an aromatic ring is 1. The highest BCUT2D eigenvalue weighted by Crippen LogP contribution is 2.48. The van der Waals surface area contributed by atoms with Crippen molar-refractivity contribution >= 4 is 30.8 Å². The van der Waals surface area contributed by atoms with Gasteiger partial charge in [-0.05, 0) is 32.9 Å². The Labute approximate surface area is 216 Å². The molecule has 2 aromatic heterocycles. The molecule has 0 bridgehead atoms. The predicted octanol–water partition coefficient (Wildman–Crippen LogP) is 2.06. The number of ether oxygens (including phenoxy) is 2. The average molecular weight is 554 g/mol. The van der Waals surface area contributed by atoms with E-state index in [9.17, 15) is 19.6 Å². The molecule has 0 radical (unpaired) electrons. The summed E-state index contributed by atoms with van der Waals surface area (Å²) in [5.41, 5.74) is 3.71. The number of nitrogens with zero attached hydrogens (tertiary/aromatic N) is 4. The number of hydrogen-bond acceptors (Lipinski definition) is 11. The van der Waals surface area contributed by atoms with Gasteiger partial charge in [0.05, 0.1) is 19.5 Å². The first-order chi connectivity index (χ1) is 17.9. The Balaban J connectivity index is 1.58. The second kappa shape index (κ2) is 10.8. The van der Waals surface area contributed by atoms with E-state index in [1.165, 1.54) is 30.0 Å². The maximum Gasteiger partial charge on any atom is 0.459 e. The van der Waals surface area contributed by atoms with E-state index in [1.807, 2.05) is 0 Å². The molecule has 3 aromatic rings. The third-order valence-corrected chi connectivity index (χ3v) is 7.40. The first-order valence-corrected chi connectivity index (χ1v) is 13.1. The number of halogens is 1. The molecule has 3 heterocycles. The van der Waals surface area contributed by atoms with Gasteiger partial charge in [-0.15, -0.1) is 0 Å². The molecular weight excluding hydrogens is 526 g/mol. The van der Waals surface area contributed by atoms with Crippen molar-refractivity contribution in [3.8, 4) is 11.6 Å². The van der Waals surface area contributed by atoms with Crippen LogP contribution in [-0.2, 0) is 18.6 Å². The molecule has 38 heavy (non-hydrogen) atoms. The van der Waals surface area contributed by atoms with Crippen LogP contribution in [0.3, 0.4) is 0 Å². The minimum atomic E-state index is -4.33. The van der Waals surface area contributed by atoms with Gasteiger partial charge in [-0.2, -0.15) is 15.1 Å². The summed E-state index contributed by atoms with van der Waals surface area (Å²) in [5, 5.41) is 22.3. The molecule has 0 aliphatic carbocycles. The molecule has 4 rings (SSSR count). The number of nitrogens with two attached hydrogens (primary N) is 1. The Hall–Kier alpha value is -3.36. The van der Waals surface area contributed by atoms with Gasteiger partial charge >= 0.3 is 13.7 Å². The molecule has 0 spiro atoms. The Morgan fingerprint density at radius 1 is 1.37 bits per heavy atom. The Morgan fingerprint density at radius 3 is 2.74 bits per heavy atom. The quantitative estimate of drug-likeness (QED) is 0.252. The van der Waals surface area contributed by atoms with Crippen LogP contribution >= 0.6 is 7.75 Å². The zero-order valence-electron chi connectivity index (χ0n) is 20.7. The number of aromatic nitrogens is 4. The van der Waals surface area contributed by atoms with E-state index in [0.29, 0.717) is 0 Å². The number of carboxylic acids is 1. The number of carbonyl (C=O) groups is 1. The molecule has 0 unspecified atom stereocenters. The summed E-state index contributed by atoms with van der Waals surface area (Å²) in [6, 6.07) is 6.60. The van der Waals surface area contributed by atoms with E-state index < -0.39 is 50.5 Å². The molecule has 1 aliphatic rings. The van der Waals surface area contributed by atoms with Crippen molar-refractivity contribution in [2.75, 3.05) is 18.9 Å². The predicted molar refractivity (Wildman–Crippen MR) is 131 cm³/mol. The number of hydrogen-bond donors (Lipinski definition) is 4. The van der Waals surface area contributed by atoms with Crippen LogP contribution in [0.2, 0.25) is 0 Å². The summed E-state index contributed by atoms with van der Waals surface area (Å²) >= 11 is 0. The smallest absolute Gasteiger partial charge is 0.459 e. The lowest BCUT2D eigenvalue weighted by molar-refractivity contribution is -0.138. The fourth-order valence-electron chi connectivity index (χ4n) is 3.84. The van der Waals surface area contributed by atoms with Gasteiger partial charge in [-0.25, -0.2) is 13.9 Å². The highest BCUT2D eigenvalue weighted by Gasteiger charge is 2.56. The van der Waals surface area contributed by atoms with Gasteiger partial charge in [0.25, 0.3) is 0 Å². The molecule has 1 fully saturated rings. The summed E-state index contributed by atoms with van der Waals surface area (Å²) in [6.07, 6.45) is -3.29. The van der Waals surface area contributed by atoms with Gasteiger partial charge in [0, 0.05) is 0 Å². The van der Waals surface area contributed by atoms with Crippen LogP contribution in [0.25, 0.3) is 11.2 Å². The standard InChI is InChI=1S/C22H28FN6O8P/c1-4-34-18-15-17(26-21(24)27-18)29(11-25-15)20-22(3,23)16(30)14(36-20)10-35-38(33,28-12(2)19(31)32)37-13-8-6-5-7-9-13/h5-9,11-12,14,16,20,30H,4,10H2,1-3H3,(H,28,33)(H,31,32)(H2,24,26,27)/t12-,14-,16-,20-,22-,38+/m1/s1. The van der Waals surface area contributed by atoms with Crippen LogP contribution in [0.15, 0.2) is 36.7 Å². The Morgan fingerprint density at radius 2 is 2.08 bits per heavy atom. The summed E-state index contributed by atoms with van der Waals surface area (Å²) in [4.78, 5) is 23.7. The van der Waals surface area contributed by atoms with Gasteiger partial charge in [-0.3, -0.25) is 13.9 Å². The highest BCUT2D eigenvalue weighted by atomic mass is 31.2. The molecule has 6 atom stereocenters. The van der Waals surface area contributed by atoms with Crippen LogP contribution in [-0.4, -0.2) is 72.8 Å². The SMILES string of the molecule is CCOc1nc(N)nc2c1ncn2[C@@H]1O[C@H](CO[P@@](=O)(N[C@H](C)C(=O)O)Oc2ccccc2)[C@@H](O)[C@@]1(C)F. The lowest BCUT2D eigenvalue weighted by Gasteiger charge is -2.25. The van der Waals surface area contributed by atoms with E-state index in [0.717, 1.165) is 6.92 Å². The van der Waals surface area contributed by atoms with E-state index >= 15 is 4.39 Å². The van der Waals surface area contributed by atoms with Crippen molar-refractivity contribution in [2.24, 2.45) is 0 Å². The van der Waals surface area contributed by atoms with Crippen LogP contribution in [0.5, 0.6) is 11.6 Å². The number of imidazole rings is 1. The number of anilines is 1. The van der Waals surface area contributed by atoms with Gasteiger partial charge < -0.3 is 29.9 Å². The Kier molecular flexibility index (Phi) is 7.85. The van der Waals surface area contributed by atoms with Gasteiger partial charge in [0.2, 0.25) is 11.8 Å². The molecule has 0 amide bonds. The molecule has 5 N–H and O–H groups in total. The highest BCUT2D eigenvalue weighted by molar-refractivity contribution is 7.52. The normalized spacial score (nSPS) is 25.7. The maximum absolute atomic E-state index is 15.9. The number of benzene rings is 1. The summed E-state index contributed by atoms with van der Waals surface area (Å²) < 4.78 is 52.7. The number of fused-ring (bicyclic) bond motifs is 1. The number of para-hydroxylation sites is 1. The van der Waals surface area contributed by atoms with Gasteiger partial charge in [0.15, 0.2) is 23.1 Å². The van der Waals surface area contributed by atoms with E-state index in [-0.39, 0.29) is 35.3 Å². The summed E-state index contributed by atoms with van der Waals surface area (Å²) in [6.45, 7) is 3.77. The molecule has 206 valence electrons. The number of carboxylic acid groups (broad SMARTS) is 1. The largest absolute Gasteiger partial charge is 0.480 e. The van der Waals surface area contributed by atoms with Crippen LogP contribution < -0.4 is 20.1 Å². The second-order valence-electron chi connectivity index (χ2n) is 8.65. The minimum absolute atomic E-state index is 0.102. The minimum Gasteiger partial charge on any atom is -0.480 e. The van der Waals surface area contributed by atoms with Gasteiger partial charge in [0.1, 0.15) is 24.0 Å². The van der Waals surface area contributed by atoms with Crippen LogP contribution in [0, 0.1) is 0 Å². The monoisotopic (exact) mass is 554 g/mol. The molecule has 16 heteroatoms. The van der Waals surface area contributed by atoms with E-state index in [2.05, 4.69) is 20.0 Å². The Bertz CT molecular complexity index is 1340. The maximum atomic E-state index is 15.9. The van der Waals surface area contributed by atoms with Crippen LogP contribution in [0.4, 0.5) is 10.3 Å². The van der Waals surface area contributed by atoms with Crippen molar-refractivity contribution < 1.29 is 42.5 Å². The zero-order chi connectivity index (χ0) is 27.7. The van der Waals surface area contributed by atoms with Crippen LogP contribution in [0.1, 0.15) is 27.0 Å². The summed E-state index contributed by atoms with van der Waals surface area (Å²) in [7, 11) is -4.33. The third-order valence-electron chi connectivity index (χ3n) is 5.76. The lowest BCUT2D eigenvalue weighted by atomic mass is 9.98. The first-order valence-electron chi connectivity index (χ1n) is 11.6. The number of aliphatic carboxylic acids is 1. The van der Waals surface area contributed by atoms with Crippen molar-refractivity contribution in [1.82, 2.24) is 24.6 Å². The fraction of sp³-hybridized carbons (Fsp3) is 0.455. The summed E-state index contributed by atoms with van der Waals surface area (Å²) in [5.74, 6) is -1.21. The van der Waals surface area contributed by atoms with Crippen molar-refractivity contribution in [1.29, 1.82) is 0 Å². The molecule has 1 aromatic carbocycles. The van der Waals surface area contributed by atoms with Crippen molar-refractivity contribution in [3.05, 3.63) is 36.7 Å². The van der Waals surface area contributed by atoms with E-state index in [4.69, 9.17) is 24.3 Å². The number of nitrogens with one attached hydrogen (secondary N) is 1. The second-order valence-corrected chi connectivity index (χ2v) is 10.3. The number of aliphatic hydroxyl groups excluding tert-OH is 1. The molecule has 14 nitrogen and oxygen atoms in total. The fourth-order valence-corrected chi connectivity index (χ4v) is 5.35. The van der Waals surface area contributed by atoms with Crippen molar-refractivity contribution in [3.63, 3.8) is 0 Å². The first kappa shape index (κ1) is 27.7. The number of aliphatic hydroxyl groups is 1. The van der Waals surface area contributed by atoms with E-state index in [1.54, 1.807) is 25.1 Å². The molecule has 1 saturated heterocycles. The lowest BCUT2D eigenvalue weighted by Crippen LogP contribution is -2.41. The van der Waals surface area contributed by atoms with Gasteiger partial charge in [-0.1, -0.05) is 18.2 Å². The number of rotatable bonds is 11. The third kappa shape index (κ3) is 5.56. The number of alkyl halides is 1. The average Bonchev–Trinajstić information content (AvgIpc) is 3.36. The molecular formula is C22H28FN6O8P. The molecule has 1 aliphatic heterocycles. The topological polar surface area (TPSA) is 193 Å². The van der Waals surface area contributed by atoms with Crippen molar-refractivity contribution in [2.45, 2.75) is 50.9 Å². The molecule has 0 saturated carbocycles.